The number of sulfonamides is 1. The van der Waals surface area contributed by atoms with E-state index in [9.17, 15) is 18.0 Å². The fraction of sp³-hybridized carbons (Fsp3) is 0.333. The van der Waals surface area contributed by atoms with Crippen molar-refractivity contribution in [1.29, 1.82) is 0 Å². The van der Waals surface area contributed by atoms with Gasteiger partial charge in [0, 0.05) is 33.8 Å². The molecule has 0 fully saturated rings. The Bertz CT molecular complexity index is 1100. The molecule has 0 bridgehead atoms. The van der Waals surface area contributed by atoms with Crippen molar-refractivity contribution in [3.63, 3.8) is 0 Å². The van der Waals surface area contributed by atoms with Crippen molar-refractivity contribution >= 4 is 21.8 Å². The van der Waals surface area contributed by atoms with Gasteiger partial charge in [0.05, 0.1) is 10.9 Å². The predicted octanol–water partition coefficient (Wildman–Crippen LogP) is 1.38. The number of hydrazine groups is 1. The Morgan fingerprint density at radius 1 is 1.10 bits per heavy atom. The topological polar surface area (TPSA) is 90.0 Å². The summed E-state index contributed by atoms with van der Waals surface area (Å²) >= 11 is 0. The fourth-order valence-corrected chi connectivity index (χ4v) is 4.45. The Morgan fingerprint density at radius 2 is 1.77 bits per heavy atom. The second kappa shape index (κ2) is 8.17. The molecule has 1 unspecified atom stereocenters. The second-order valence-electron chi connectivity index (χ2n) is 7.64. The summed E-state index contributed by atoms with van der Waals surface area (Å²) in [5.41, 5.74) is 5.64. The molecule has 0 aromatic heterocycles. The zero-order valence-corrected chi connectivity index (χ0v) is 18.5. The third-order valence-electron chi connectivity index (χ3n) is 5.13. The first-order chi connectivity index (χ1) is 14.0. The van der Waals surface area contributed by atoms with Crippen LogP contribution in [0.15, 0.2) is 47.4 Å². The molecule has 160 valence electrons. The lowest BCUT2D eigenvalue weighted by Crippen LogP contribution is -2.53. The largest absolute Gasteiger partial charge is 0.347 e. The highest BCUT2D eigenvalue weighted by Gasteiger charge is 2.33. The molecule has 2 amide bonds. The quantitative estimate of drug-likeness (QED) is 0.774. The summed E-state index contributed by atoms with van der Waals surface area (Å²) in [6.07, 6.45) is 0. The van der Waals surface area contributed by atoms with E-state index in [1.165, 1.54) is 28.3 Å². The van der Waals surface area contributed by atoms with Gasteiger partial charge in [-0.2, -0.15) is 0 Å². The van der Waals surface area contributed by atoms with Crippen LogP contribution >= 0.6 is 0 Å². The molecule has 1 aliphatic heterocycles. The van der Waals surface area contributed by atoms with E-state index in [1.54, 1.807) is 45.3 Å². The van der Waals surface area contributed by atoms with E-state index in [0.717, 1.165) is 5.56 Å². The van der Waals surface area contributed by atoms with Crippen molar-refractivity contribution < 1.29 is 18.0 Å². The first-order valence-corrected chi connectivity index (χ1v) is 10.9. The first-order valence-electron chi connectivity index (χ1n) is 9.44. The Labute approximate surface area is 177 Å². The van der Waals surface area contributed by atoms with E-state index in [1.807, 2.05) is 18.2 Å². The van der Waals surface area contributed by atoms with Crippen molar-refractivity contribution in [2.75, 3.05) is 34.7 Å². The lowest BCUT2D eigenvalue weighted by molar-refractivity contribution is -0.130. The number of fused-ring (bicyclic) bond motifs is 1. The maximum absolute atomic E-state index is 12.9. The molecule has 8 nitrogen and oxygen atoms in total. The van der Waals surface area contributed by atoms with E-state index in [-0.39, 0.29) is 23.3 Å². The highest BCUT2D eigenvalue weighted by molar-refractivity contribution is 7.89. The number of benzene rings is 2. The van der Waals surface area contributed by atoms with Crippen LogP contribution in [0.5, 0.6) is 0 Å². The summed E-state index contributed by atoms with van der Waals surface area (Å²) < 4.78 is 26.7. The van der Waals surface area contributed by atoms with Gasteiger partial charge >= 0.3 is 0 Å². The van der Waals surface area contributed by atoms with Crippen molar-refractivity contribution in [1.82, 2.24) is 19.6 Å². The number of hydrogen-bond donors (Lipinski definition) is 1. The second-order valence-corrected chi connectivity index (χ2v) is 9.76. The average Bonchev–Trinajstić information content (AvgIpc) is 2.70. The highest BCUT2D eigenvalue weighted by Crippen LogP contribution is 2.32. The van der Waals surface area contributed by atoms with E-state index >= 15 is 0 Å². The molecular formula is C21H26N4O4S. The van der Waals surface area contributed by atoms with Crippen molar-refractivity contribution in [3.05, 3.63) is 64.7 Å². The molecule has 0 saturated carbocycles. The van der Waals surface area contributed by atoms with Gasteiger partial charge in [-0.05, 0) is 35.7 Å². The molecule has 0 saturated heterocycles. The molecule has 1 atom stereocenters. The summed E-state index contributed by atoms with van der Waals surface area (Å²) in [5, 5.41) is 1.29. The summed E-state index contributed by atoms with van der Waals surface area (Å²) in [7, 11) is 2.59. The summed E-state index contributed by atoms with van der Waals surface area (Å²) in [4.78, 5) is 26.8. The minimum Gasteiger partial charge on any atom is -0.347 e. The van der Waals surface area contributed by atoms with Crippen LogP contribution in [0.3, 0.4) is 0 Å². The van der Waals surface area contributed by atoms with Crippen molar-refractivity contribution in [3.8, 4) is 0 Å². The number of nitrogens with zero attached hydrogens (tertiary/aromatic N) is 3. The Hall–Kier alpha value is -2.75. The van der Waals surface area contributed by atoms with Crippen LogP contribution in [0, 0.1) is 6.92 Å². The minimum atomic E-state index is -3.64. The molecular weight excluding hydrogens is 404 g/mol. The van der Waals surface area contributed by atoms with Crippen LogP contribution in [0.4, 0.5) is 0 Å². The molecule has 1 N–H and O–H groups in total. The van der Waals surface area contributed by atoms with Crippen LogP contribution < -0.4 is 5.43 Å². The highest BCUT2D eigenvalue weighted by atomic mass is 32.2. The zero-order chi connectivity index (χ0) is 22.2. The van der Waals surface area contributed by atoms with E-state index in [4.69, 9.17) is 0 Å². The maximum atomic E-state index is 12.9. The fourth-order valence-electron chi connectivity index (χ4n) is 3.29. The van der Waals surface area contributed by atoms with Gasteiger partial charge in [-0.1, -0.05) is 30.3 Å². The van der Waals surface area contributed by atoms with Crippen LogP contribution in [0.25, 0.3) is 0 Å². The Morgan fingerprint density at radius 3 is 2.40 bits per heavy atom. The van der Waals surface area contributed by atoms with Crippen LogP contribution in [0.2, 0.25) is 0 Å². The van der Waals surface area contributed by atoms with Crippen molar-refractivity contribution in [2.45, 2.75) is 17.9 Å². The zero-order valence-electron chi connectivity index (χ0n) is 17.7. The SMILES string of the molecule is Cc1ccc(C2NN(CC(=O)N(C)C)C(=O)c3ccccc32)cc1S(=O)(=O)N(C)C. The van der Waals surface area contributed by atoms with Gasteiger partial charge in [0.25, 0.3) is 5.91 Å². The molecule has 2 aromatic rings. The number of hydrogen-bond acceptors (Lipinski definition) is 5. The number of nitrogens with one attached hydrogen (secondary N) is 1. The molecule has 0 radical (unpaired) electrons. The molecule has 0 aliphatic carbocycles. The molecule has 0 spiro atoms. The van der Waals surface area contributed by atoms with Crippen LogP contribution in [-0.4, -0.2) is 69.2 Å². The van der Waals surface area contributed by atoms with Gasteiger partial charge in [-0.3, -0.25) is 14.6 Å². The normalized spacial score (nSPS) is 16.5. The predicted molar refractivity (Wildman–Crippen MR) is 113 cm³/mol. The minimum absolute atomic E-state index is 0.134. The van der Waals surface area contributed by atoms with Gasteiger partial charge in [-0.15, -0.1) is 0 Å². The van der Waals surface area contributed by atoms with Gasteiger partial charge in [0.15, 0.2) is 0 Å². The smallest absolute Gasteiger partial charge is 0.268 e. The molecule has 30 heavy (non-hydrogen) atoms. The Kier molecular flexibility index (Phi) is 5.98. The number of likely N-dealkylation sites (N-methyl/N-ethyl adjacent to an activating group) is 1. The van der Waals surface area contributed by atoms with Gasteiger partial charge in [0.1, 0.15) is 6.54 Å². The molecule has 1 aliphatic rings. The van der Waals surface area contributed by atoms with Crippen LogP contribution in [0.1, 0.15) is 33.1 Å². The lowest BCUT2D eigenvalue weighted by Gasteiger charge is -2.36. The van der Waals surface area contributed by atoms with E-state index < -0.39 is 16.1 Å². The molecule has 3 rings (SSSR count). The third-order valence-corrected chi connectivity index (χ3v) is 7.09. The number of carbonyl (C=O) groups is 2. The van der Waals surface area contributed by atoms with Gasteiger partial charge < -0.3 is 4.90 Å². The monoisotopic (exact) mass is 430 g/mol. The number of aryl methyl sites for hydroxylation is 1. The molecule has 1 heterocycles. The van der Waals surface area contributed by atoms with Gasteiger partial charge in [-0.25, -0.2) is 18.1 Å². The maximum Gasteiger partial charge on any atom is 0.268 e. The molecule has 2 aromatic carbocycles. The summed E-state index contributed by atoms with van der Waals surface area (Å²) in [6.45, 7) is 1.61. The van der Waals surface area contributed by atoms with Crippen molar-refractivity contribution in [2.24, 2.45) is 0 Å². The number of rotatable bonds is 5. The number of carbonyl (C=O) groups excluding carboxylic acids is 2. The summed E-state index contributed by atoms with van der Waals surface area (Å²) in [5.74, 6) is -0.529. The summed E-state index contributed by atoms with van der Waals surface area (Å²) in [6, 6.07) is 11.9. The average molecular weight is 431 g/mol. The Balaban J connectivity index is 2.10. The van der Waals surface area contributed by atoms with Crippen LogP contribution in [-0.2, 0) is 14.8 Å². The number of amides is 2. The molecule has 9 heteroatoms. The van der Waals surface area contributed by atoms with E-state index in [0.29, 0.717) is 16.7 Å². The lowest BCUT2D eigenvalue weighted by atomic mass is 9.92. The van der Waals surface area contributed by atoms with E-state index in [2.05, 4.69) is 5.43 Å². The first kappa shape index (κ1) is 21.9. The van der Waals surface area contributed by atoms with Gasteiger partial charge in [0.2, 0.25) is 15.9 Å². The third kappa shape index (κ3) is 3.96. The standard InChI is InChI=1S/C21H26N4O4S/c1-14-10-11-15(12-18(14)30(28,29)24(4)5)20-16-8-6-7-9-17(16)21(27)25(22-20)13-19(26)23(2)3/h6-12,20,22H,13H2,1-5H3.